The number of urea groups is 1. The third kappa shape index (κ3) is 5.36. The standard InChI is InChI=1S/C14H27N3O3/c1-4-17(9-5-8-16(2)3)14(20)15-12-7-6-11(10-12)13(18)19/h11-12H,4-10H2,1-3H3,(H,15,20)(H,18,19)/t11-,12+/m1/s1. The molecule has 0 unspecified atom stereocenters. The van der Waals surface area contributed by atoms with Crippen molar-refractivity contribution in [1.82, 2.24) is 15.1 Å². The molecule has 0 aromatic carbocycles. The zero-order valence-electron chi connectivity index (χ0n) is 12.8. The quantitative estimate of drug-likeness (QED) is 0.738. The molecule has 0 radical (unpaired) electrons. The zero-order valence-corrected chi connectivity index (χ0v) is 12.8. The summed E-state index contributed by atoms with van der Waals surface area (Å²) in [4.78, 5) is 26.9. The molecule has 20 heavy (non-hydrogen) atoms. The summed E-state index contributed by atoms with van der Waals surface area (Å²) < 4.78 is 0. The highest BCUT2D eigenvalue weighted by molar-refractivity contribution is 5.75. The second-order valence-electron chi connectivity index (χ2n) is 5.73. The van der Waals surface area contributed by atoms with E-state index in [4.69, 9.17) is 5.11 Å². The van der Waals surface area contributed by atoms with Crippen LogP contribution in [0.4, 0.5) is 4.79 Å². The lowest BCUT2D eigenvalue weighted by atomic mass is 10.1. The van der Waals surface area contributed by atoms with Crippen molar-refractivity contribution in [2.75, 3.05) is 33.7 Å². The number of amides is 2. The van der Waals surface area contributed by atoms with Crippen LogP contribution in [0, 0.1) is 5.92 Å². The maximum absolute atomic E-state index is 12.1. The van der Waals surface area contributed by atoms with Gasteiger partial charge in [0, 0.05) is 19.1 Å². The van der Waals surface area contributed by atoms with Crippen LogP contribution in [0.5, 0.6) is 0 Å². The summed E-state index contributed by atoms with van der Waals surface area (Å²) in [5, 5.41) is 11.9. The SMILES string of the molecule is CCN(CCCN(C)C)C(=O)N[C@H]1CC[C@@H](C(=O)O)C1. The lowest BCUT2D eigenvalue weighted by Gasteiger charge is -2.24. The Balaban J connectivity index is 2.34. The van der Waals surface area contributed by atoms with Crippen molar-refractivity contribution in [3.63, 3.8) is 0 Å². The van der Waals surface area contributed by atoms with Crippen molar-refractivity contribution in [3.05, 3.63) is 0 Å². The van der Waals surface area contributed by atoms with Gasteiger partial charge in [0.25, 0.3) is 0 Å². The Hall–Kier alpha value is -1.30. The highest BCUT2D eigenvalue weighted by atomic mass is 16.4. The van der Waals surface area contributed by atoms with Crippen molar-refractivity contribution >= 4 is 12.0 Å². The molecule has 6 heteroatoms. The van der Waals surface area contributed by atoms with Gasteiger partial charge in [-0.05, 0) is 53.2 Å². The van der Waals surface area contributed by atoms with Gasteiger partial charge in [0.2, 0.25) is 0 Å². The van der Waals surface area contributed by atoms with Crippen LogP contribution in [0.15, 0.2) is 0 Å². The molecule has 0 aromatic rings. The molecular formula is C14H27N3O3. The number of carbonyl (C=O) groups is 2. The van der Waals surface area contributed by atoms with Crippen LogP contribution < -0.4 is 5.32 Å². The van der Waals surface area contributed by atoms with Gasteiger partial charge in [-0.2, -0.15) is 0 Å². The highest BCUT2D eigenvalue weighted by Gasteiger charge is 2.31. The molecule has 0 spiro atoms. The monoisotopic (exact) mass is 285 g/mol. The van der Waals surface area contributed by atoms with Gasteiger partial charge >= 0.3 is 12.0 Å². The highest BCUT2D eigenvalue weighted by Crippen LogP contribution is 2.25. The summed E-state index contributed by atoms with van der Waals surface area (Å²) in [5.41, 5.74) is 0. The number of carboxylic acids is 1. The average Bonchev–Trinajstić information content (AvgIpc) is 2.82. The number of hydrogen-bond acceptors (Lipinski definition) is 3. The van der Waals surface area contributed by atoms with Gasteiger partial charge in [-0.15, -0.1) is 0 Å². The fourth-order valence-electron chi connectivity index (χ4n) is 2.58. The second-order valence-corrected chi connectivity index (χ2v) is 5.73. The maximum Gasteiger partial charge on any atom is 0.317 e. The minimum Gasteiger partial charge on any atom is -0.481 e. The van der Waals surface area contributed by atoms with Crippen molar-refractivity contribution in [3.8, 4) is 0 Å². The van der Waals surface area contributed by atoms with Crippen LogP contribution >= 0.6 is 0 Å². The second kappa shape index (κ2) is 8.09. The van der Waals surface area contributed by atoms with Gasteiger partial charge in [-0.25, -0.2) is 4.79 Å². The summed E-state index contributed by atoms with van der Waals surface area (Å²) in [6.45, 7) is 4.32. The molecule has 0 saturated heterocycles. The number of nitrogens with one attached hydrogen (secondary N) is 1. The van der Waals surface area contributed by atoms with E-state index >= 15 is 0 Å². The van der Waals surface area contributed by atoms with E-state index in [-0.39, 0.29) is 18.0 Å². The van der Waals surface area contributed by atoms with E-state index in [0.29, 0.717) is 19.4 Å². The molecule has 0 aliphatic heterocycles. The van der Waals surface area contributed by atoms with Crippen LogP contribution in [-0.4, -0.2) is 66.7 Å². The van der Waals surface area contributed by atoms with Crippen molar-refractivity contribution in [1.29, 1.82) is 0 Å². The first-order chi connectivity index (χ1) is 9.43. The number of carbonyl (C=O) groups excluding carboxylic acids is 1. The van der Waals surface area contributed by atoms with E-state index < -0.39 is 5.97 Å². The molecule has 116 valence electrons. The topological polar surface area (TPSA) is 72.9 Å². The summed E-state index contributed by atoms with van der Waals surface area (Å²) in [6.07, 6.45) is 2.91. The summed E-state index contributed by atoms with van der Waals surface area (Å²) in [5.74, 6) is -1.05. The van der Waals surface area contributed by atoms with Crippen molar-refractivity contribution < 1.29 is 14.7 Å². The minimum absolute atomic E-state index is 0.00602. The molecular weight excluding hydrogens is 258 g/mol. The van der Waals surface area contributed by atoms with Crippen LogP contribution in [0.25, 0.3) is 0 Å². The molecule has 6 nitrogen and oxygen atoms in total. The Morgan fingerprint density at radius 3 is 2.45 bits per heavy atom. The van der Waals surface area contributed by atoms with Gasteiger partial charge in [-0.1, -0.05) is 0 Å². The smallest absolute Gasteiger partial charge is 0.317 e. The van der Waals surface area contributed by atoms with E-state index in [0.717, 1.165) is 25.9 Å². The first-order valence-corrected chi connectivity index (χ1v) is 7.37. The third-order valence-corrected chi connectivity index (χ3v) is 3.81. The lowest BCUT2D eigenvalue weighted by Crippen LogP contribution is -2.44. The lowest BCUT2D eigenvalue weighted by molar-refractivity contribution is -0.141. The molecule has 0 aromatic heterocycles. The van der Waals surface area contributed by atoms with Crippen molar-refractivity contribution in [2.24, 2.45) is 5.92 Å². The number of carboxylic acid groups (broad SMARTS) is 1. The van der Waals surface area contributed by atoms with Crippen LogP contribution in [0.2, 0.25) is 0 Å². The molecule has 2 atom stereocenters. The van der Waals surface area contributed by atoms with Gasteiger partial charge in [-0.3, -0.25) is 4.79 Å². The van der Waals surface area contributed by atoms with Gasteiger partial charge < -0.3 is 20.2 Å². The summed E-state index contributed by atoms with van der Waals surface area (Å²) in [7, 11) is 4.03. The van der Waals surface area contributed by atoms with E-state index in [1.54, 1.807) is 4.90 Å². The Bertz CT molecular complexity index is 334. The van der Waals surface area contributed by atoms with Crippen molar-refractivity contribution in [2.45, 2.75) is 38.6 Å². The predicted octanol–water partition coefficient (Wildman–Crippen LogP) is 1.22. The van der Waals surface area contributed by atoms with E-state index in [1.807, 2.05) is 21.0 Å². The third-order valence-electron chi connectivity index (χ3n) is 3.81. The van der Waals surface area contributed by atoms with Gasteiger partial charge in [0.15, 0.2) is 0 Å². The Kier molecular flexibility index (Phi) is 6.78. The van der Waals surface area contributed by atoms with Gasteiger partial charge in [0.1, 0.15) is 0 Å². The molecule has 2 amide bonds. The zero-order chi connectivity index (χ0) is 15.1. The fourth-order valence-corrected chi connectivity index (χ4v) is 2.58. The number of rotatable bonds is 7. The van der Waals surface area contributed by atoms with Crippen LogP contribution in [0.1, 0.15) is 32.6 Å². The molecule has 0 heterocycles. The molecule has 0 bridgehead atoms. The van der Waals surface area contributed by atoms with E-state index in [9.17, 15) is 9.59 Å². The Morgan fingerprint density at radius 2 is 1.95 bits per heavy atom. The minimum atomic E-state index is -0.750. The largest absolute Gasteiger partial charge is 0.481 e. The molecule has 1 saturated carbocycles. The number of hydrogen-bond donors (Lipinski definition) is 2. The Morgan fingerprint density at radius 1 is 1.25 bits per heavy atom. The number of nitrogens with zero attached hydrogens (tertiary/aromatic N) is 2. The normalized spacial score (nSPS) is 22.0. The van der Waals surface area contributed by atoms with Crippen LogP contribution in [0.3, 0.4) is 0 Å². The van der Waals surface area contributed by atoms with Gasteiger partial charge in [0.05, 0.1) is 5.92 Å². The molecule has 1 aliphatic carbocycles. The fraction of sp³-hybridized carbons (Fsp3) is 0.857. The first kappa shape index (κ1) is 16.8. The Labute approximate surface area is 121 Å². The molecule has 1 aliphatic rings. The molecule has 2 N–H and O–H groups in total. The van der Waals surface area contributed by atoms with E-state index in [1.165, 1.54) is 0 Å². The first-order valence-electron chi connectivity index (χ1n) is 7.37. The average molecular weight is 285 g/mol. The van der Waals surface area contributed by atoms with Crippen LogP contribution in [-0.2, 0) is 4.79 Å². The summed E-state index contributed by atoms with van der Waals surface area (Å²) >= 11 is 0. The number of aliphatic carboxylic acids is 1. The molecule has 1 fully saturated rings. The summed E-state index contributed by atoms with van der Waals surface area (Å²) in [6, 6.07) is -0.0613. The predicted molar refractivity (Wildman–Crippen MR) is 77.7 cm³/mol. The maximum atomic E-state index is 12.1. The van der Waals surface area contributed by atoms with E-state index in [2.05, 4.69) is 10.2 Å². The molecule has 1 rings (SSSR count).